The number of urea groups is 1. The van der Waals surface area contributed by atoms with Crippen molar-refractivity contribution in [2.75, 3.05) is 11.9 Å². The van der Waals surface area contributed by atoms with Crippen LogP contribution in [0.25, 0.3) is 0 Å². The second-order valence-electron chi connectivity index (χ2n) is 5.55. The molecule has 0 bridgehead atoms. The summed E-state index contributed by atoms with van der Waals surface area (Å²) in [5.74, 6) is 0.678. The molecular formula is C13H21BrN2O2. The highest BCUT2D eigenvalue weighted by Gasteiger charge is 2.51. The maximum Gasteiger partial charge on any atom is 0.325 e. The Morgan fingerprint density at radius 2 is 2.00 bits per heavy atom. The van der Waals surface area contributed by atoms with Gasteiger partial charge in [-0.3, -0.25) is 9.69 Å². The Kier molecular flexibility index (Phi) is 4.30. The van der Waals surface area contributed by atoms with Gasteiger partial charge in [-0.05, 0) is 44.4 Å². The fourth-order valence-electron chi connectivity index (χ4n) is 2.84. The van der Waals surface area contributed by atoms with E-state index in [9.17, 15) is 9.59 Å². The van der Waals surface area contributed by atoms with Gasteiger partial charge in [0.1, 0.15) is 5.54 Å². The first-order valence-electron chi connectivity index (χ1n) is 6.79. The number of rotatable bonds is 4. The number of nitrogens with zero attached hydrogens (tertiary/aromatic N) is 1. The zero-order valence-corrected chi connectivity index (χ0v) is 12.5. The number of imide groups is 1. The largest absolute Gasteiger partial charge is 0.325 e. The molecule has 2 aliphatic rings. The number of carbonyl (C=O) groups is 2. The van der Waals surface area contributed by atoms with Gasteiger partial charge in [0.05, 0.1) is 0 Å². The number of unbranched alkanes of at least 4 members (excludes halogenated alkanes) is 1. The molecule has 2 rings (SSSR count). The predicted octanol–water partition coefficient (Wildman–Crippen LogP) is 2.66. The highest BCUT2D eigenvalue weighted by Crippen LogP contribution is 2.36. The molecule has 1 spiro atoms. The molecule has 3 amide bonds. The number of hydrogen-bond acceptors (Lipinski definition) is 2. The van der Waals surface area contributed by atoms with E-state index in [1.807, 2.05) is 0 Å². The van der Waals surface area contributed by atoms with Crippen LogP contribution in [0.2, 0.25) is 0 Å². The number of nitrogens with one attached hydrogen (secondary N) is 1. The van der Waals surface area contributed by atoms with Gasteiger partial charge in [0.2, 0.25) is 0 Å². The molecule has 5 heteroatoms. The van der Waals surface area contributed by atoms with Gasteiger partial charge in [0.25, 0.3) is 5.91 Å². The lowest BCUT2D eigenvalue weighted by Gasteiger charge is -2.33. The van der Waals surface area contributed by atoms with E-state index in [4.69, 9.17) is 0 Å². The smallest absolute Gasteiger partial charge is 0.323 e. The minimum absolute atomic E-state index is 0.00831. The zero-order valence-electron chi connectivity index (χ0n) is 10.9. The first-order valence-corrected chi connectivity index (χ1v) is 7.91. The minimum atomic E-state index is -0.571. The molecule has 1 saturated heterocycles. The third kappa shape index (κ3) is 2.56. The van der Waals surface area contributed by atoms with Crippen LogP contribution in [0.15, 0.2) is 0 Å². The Morgan fingerprint density at radius 1 is 1.33 bits per heavy atom. The molecule has 0 aromatic carbocycles. The van der Waals surface area contributed by atoms with Crippen molar-refractivity contribution in [1.29, 1.82) is 0 Å². The van der Waals surface area contributed by atoms with E-state index in [-0.39, 0.29) is 11.9 Å². The molecular weight excluding hydrogens is 296 g/mol. The second-order valence-corrected chi connectivity index (χ2v) is 6.34. The minimum Gasteiger partial charge on any atom is -0.323 e. The quantitative estimate of drug-likeness (QED) is 0.492. The van der Waals surface area contributed by atoms with E-state index in [2.05, 4.69) is 28.2 Å². The molecule has 102 valence electrons. The average Bonchev–Trinajstić information content (AvgIpc) is 2.58. The van der Waals surface area contributed by atoms with Crippen molar-refractivity contribution in [3.63, 3.8) is 0 Å². The van der Waals surface area contributed by atoms with Crippen molar-refractivity contribution in [3.8, 4) is 0 Å². The van der Waals surface area contributed by atoms with Crippen molar-refractivity contribution in [2.24, 2.45) is 5.92 Å². The summed E-state index contributed by atoms with van der Waals surface area (Å²) in [5.41, 5.74) is -0.571. The van der Waals surface area contributed by atoms with E-state index >= 15 is 0 Å². The summed E-state index contributed by atoms with van der Waals surface area (Å²) in [5, 5.41) is 3.86. The van der Waals surface area contributed by atoms with Crippen LogP contribution >= 0.6 is 15.9 Å². The van der Waals surface area contributed by atoms with Gasteiger partial charge in [-0.2, -0.15) is 0 Å². The van der Waals surface area contributed by atoms with Crippen LogP contribution in [0.1, 0.15) is 45.4 Å². The maximum atomic E-state index is 12.4. The first-order chi connectivity index (χ1) is 8.59. The van der Waals surface area contributed by atoms with Crippen molar-refractivity contribution in [1.82, 2.24) is 10.2 Å². The van der Waals surface area contributed by atoms with Gasteiger partial charge in [-0.25, -0.2) is 4.79 Å². The molecule has 1 heterocycles. The molecule has 0 radical (unpaired) electrons. The van der Waals surface area contributed by atoms with Gasteiger partial charge < -0.3 is 5.32 Å². The third-order valence-corrected chi connectivity index (χ3v) is 4.70. The highest BCUT2D eigenvalue weighted by atomic mass is 79.9. The van der Waals surface area contributed by atoms with Crippen LogP contribution in [0.4, 0.5) is 4.79 Å². The van der Waals surface area contributed by atoms with Crippen molar-refractivity contribution < 1.29 is 9.59 Å². The Morgan fingerprint density at radius 3 is 2.61 bits per heavy atom. The number of halogens is 1. The predicted molar refractivity (Wildman–Crippen MR) is 73.6 cm³/mol. The van der Waals surface area contributed by atoms with E-state index < -0.39 is 5.54 Å². The van der Waals surface area contributed by atoms with Gasteiger partial charge >= 0.3 is 6.03 Å². The van der Waals surface area contributed by atoms with Crippen LogP contribution < -0.4 is 5.32 Å². The van der Waals surface area contributed by atoms with Gasteiger partial charge in [0, 0.05) is 11.9 Å². The molecule has 0 atom stereocenters. The average molecular weight is 317 g/mol. The van der Waals surface area contributed by atoms with Crippen molar-refractivity contribution >= 4 is 27.9 Å². The molecule has 1 saturated carbocycles. The van der Waals surface area contributed by atoms with E-state index in [0.717, 1.165) is 43.9 Å². The monoisotopic (exact) mass is 316 g/mol. The van der Waals surface area contributed by atoms with Crippen LogP contribution in [0, 0.1) is 5.92 Å². The number of amides is 3. The van der Waals surface area contributed by atoms with Crippen LogP contribution in [-0.2, 0) is 4.79 Å². The van der Waals surface area contributed by atoms with Gasteiger partial charge in [-0.15, -0.1) is 0 Å². The molecule has 1 aliphatic carbocycles. The summed E-state index contributed by atoms with van der Waals surface area (Å²) in [7, 11) is 0. The Labute approximate surface area is 117 Å². The summed E-state index contributed by atoms with van der Waals surface area (Å²) in [6, 6.07) is -0.191. The van der Waals surface area contributed by atoms with Gasteiger partial charge in [0.15, 0.2) is 0 Å². The second kappa shape index (κ2) is 5.59. The standard InChI is InChI=1S/C13H21BrN2O2/c1-10-4-6-13(7-5-10)11(17)16(12(18)15-13)9-3-2-8-14/h10H,2-9H2,1H3,(H,15,18). The summed E-state index contributed by atoms with van der Waals surface area (Å²) < 4.78 is 0. The summed E-state index contributed by atoms with van der Waals surface area (Å²) >= 11 is 3.36. The molecule has 0 aromatic heterocycles. The number of alkyl halides is 1. The van der Waals surface area contributed by atoms with Crippen molar-refractivity contribution in [2.45, 2.75) is 51.0 Å². The van der Waals surface area contributed by atoms with Crippen LogP contribution in [-0.4, -0.2) is 34.3 Å². The first kappa shape index (κ1) is 13.8. The summed E-state index contributed by atoms with van der Waals surface area (Å²) in [4.78, 5) is 25.8. The van der Waals surface area contributed by atoms with Gasteiger partial charge in [-0.1, -0.05) is 22.9 Å². The molecule has 1 aliphatic heterocycles. The fraction of sp³-hybridized carbons (Fsp3) is 0.846. The topological polar surface area (TPSA) is 49.4 Å². The molecule has 0 aromatic rings. The molecule has 0 unspecified atom stereocenters. The summed E-state index contributed by atoms with van der Waals surface area (Å²) in [6.45, 7) is 2.76. The van der Waals surface area contributed by atoms with Crippen LogP contribution in [0.5, 0.6) is 0 Å². The van der Waals surface area contributed by atoms with E-state index in [1.165, 1.54) is 4.90 Å². The summed E-state index contributed by atoms with van der Waals surface area (Å²) in [6.07, 6.45) is 5.52. The lowest BCUT2D eigenvalue weighted by atomic mass is 9.77. The van der Waals surface area contributed by atoms with Crippen molar-refractivity contribution in [3.05, 3.63) is 0 Å². The SMILES string of the molecule is CC1CCC2(CC1)NC(=O)N(CCCCBr)C2=O. The normalized spacial score (nSPS) is 32.1. The molecule has 4 nitrogen and oxygen atoms in total. The fourth-order valence-corrected chi connectivity index (χ4v) is 3.23. The Bertz CT molecular complexity index is 338. The third-order valence-electron chi connectivity index (χ3n) is 4.14. The zero-order chi connectivity index (χ0) is 13.2. The van der Waals surface area contributed by atoms with E-state index in [1.54, 1.807) is 0 Å². The van der Waals surface area contributed by atoms with Crippen LogP contribution in [0.3, 0.4) is 0 Å². The number of hydrogen-bond donors (Lipinski definition) is 1. The maximum absolute atomic E-state index is 12.4. The number of carbonyl (C=O) groups excluding carboxylic acids is 2. The molecule has 1 N–H and O–H groups in total. The lowest BCUT2D eigenvalue weighted by molar-refractivity contribution is -0.132. The highest BCUT2D eigenvalue weighted by molar-refractivity contribution is 9.09. The molecule has 2 fully saturated rings. The Balaban J connectivity index is 1.99. The van der Waals surface area contributed by atoms with E-state index in [0.29, 0.717) is 12.5 Å². The Hall–Kier alpha value is -0.580. The molecule has 18 heavy (non-hydrogen) atoms. The lowest BCUT2D eigenvalue weighted by Crippen LogP contribution is -2.49.